The summed E-state index contributed by atoms with van der Waals surface area (Å²) in [5.74, 6) is 0.162. The number of likely N-dealkylation sites (N-methyl/N-ethyl adjacent to an activating group) is 1. The van der Waals surface area contributed by atoms with Gasteiger partial charge in [0.1, 0.15) is 12.4 Å². The number of hydrogen-bond donors (Lipinski definition) is 1. The van der Waals surface area contributed by atoms with Crippen LogP contribution in [0.4, 0.5) is 5.69 Å². The first kappa shape index (κ1) is 15.3. The second-order valence-corrected chi connectivity index (χ2v) is 5.24. The van der Waals surface area contributed by atoms with Crippen LogP contribution in [0.2, 0.25) is 0 Å². The van der Waals surface area contributed by atoms with Crippen molar-refractivity contribution in [1.82, 2.24) is 4.90 Å². The van der Waals surface area contributed by atoms with Crippen LogP contribution in [-0.2, 0) is 4.74 Å². The number of rotatable bonds is 5. The molecule has 0 aliphatic heterocycles. The summed E-state index contributed by atoms with van der Waals surface area (Å²) in [6.07, 6.45) is 0. The fraction of sp³-hybridized carbons (Fsp3) is 0.500. The molecule has 0 heterocycles. The predicted octanol–water partition coefficient (Wildman–Crippen LogP) is 1.77. The van der Waals surface area contributed by atoms with E-state index in [0.29, 0.717) is 23.6 Å². The Labute approximate surface area is 114 Å². The van der Waals surface area contributed by atoms with E-state index in [1.165, 1.54) is 7.11 Å². The van der Waals surface area contributed by atoms with E-state index in [4.69, 9.17) is 10.5 Å². The normalized spacial score (nSPS) is 11.5. The fourth-order valence-corrected chi connectivity index (χ4v) is 1.31. The van der Waals surface area contributed by atoms with Crippen LogP contribution in [0, 0.1) is 0 Å². The van der Waals surface area contributed by atoms with Crippen LogP contribution in [0.1, 0.15) is 24.2 Å². The maximum absolute atomic E-state index is 11.4. The molecule has 0 spiro atoms. The molecule has 106 valence electrons. The smallest absolute Gasteiger partial charge is 0.337 e. The number of nitrogen functional groups attached to an aromatic ring is 1. The number of carbonyl (C=O) groups excluding carboxylic acids is 1. The van der Waals surface area contributed by atoms with Crippen LogP contribution in [-0.4, -0.2) is 44.2 Å². The predicted molar refractivity (Wildman–Crippen MR) is 75.5 cm³/mol. The number of benzene rings is 1. The monoisotopic (exact) mass is 266 g/mol. The summed E-state index contributed by atoms with van der Waals surface area (Å²) >= 11 is 0. The summed E-state index contributed by atoms with van der Waals surface area (Å²) in [6, 6.07) is 4.89. The van der Waals surface area contributed by atoms with Gasteiger partial charge in [0.25, 0.3) is 0 Å². The van der Waals surface area contributed by atoms with E-state index in [1.54, 1.807) is 18.2 Å². The van der Waals surface area contributed by atoms with Crippen molar-refractivity contribution in [3.63, 3.8) is 0 Å². The molecule has 5 heteroatoms. The molecular weight excluding hydrogens is 244 g/mol. The zero-order valence-electron chi connectivity index (χ0n) is 12.2. The Morgan fingerprint density at radius 3 is 2.47 bits per heavy atom. The highest BCUT2D eigenvalue weighted by molar-refractivity contribution is 5.90. The van der Waals surface area contributed by atoms with E-state index in [0.717, 1.165) is 0 Å². The molecule has 0 saturated carbocycles. The molecule has 5 nitrogen and oxygen atoms in total. The van der Waals surface area contributed by atoms with Gasteiger partial charge < -0.3 is 20.1 Å². The summed E-state index contributed by atoms with van der Waals surface area (Å²) in [6.45, 7) is 4.65. The summed E-state index contributed by atoms with van der Waals surface area (Å²) in [5.41, 5.74) is 6.61. The lowest BCUT2D eigenvalue weighted by Gasteiger charge is -2.32. The highest BCUT2D eigenvalue weighted by Crippen LogP contribution is 2.24. The van der Waals surface area contributed by atoms with Gasteiger partial charge in [-0.2, -0.15) is 0 Å². The van der Waals surface area contributed by atoms with E-state index in [9.17, 15) is 4.79 Å². The standard InChI is InChI=1S/C14H22N2O3/c1-14(2,16(3)4)9-19-12-7-6-10(8-11(12)15)13(17)18-5/h6-8H,9,15H2,1-5H3. The SMILES string of the molecule is COC(=O)c1ccc(OCC(C)(C)N(C)C)c(N)c1. The molecule has 0 amide bonds. The fourth-order valence-electron chi connectivity index (χ4n) is 1.31. The first-order valence-corrected chi connectivity index (χ1v) is 6.06. The largest absolute Gasteiger partial charge is 0.490 e. The van der Waals surface area contributed by atoms with E-state index >= 15 is 0 Å². The van der Waals surface area contributed by atoms with Crippen LogP contribution < -0.4 is 10.5 Å². The Kier molecular flexibility index (Phi) is 4.78. The molecule has 0 bridgehead atoms. The van der Waals surface area contributed by atoms with Crippen molar-refractivity contribution in [2.24, 2.45) is 0 Å². The van der Waals surface area contributed by atoms with Gasteiger partial charge in [0.2, 0.25) is 0 Å². The molecule has 1 aromatic carbocycles. The molecule has 0 atom stereocenters. The number of carbonyl (C=O) groups is 1. The van der Waals surface area contributed by atoms with Crippen molar-refractivity contribution in [3.8, 4) is 5.75 Å². The Morgan fingerprint density at radius 1 is 1.37 bits per heavy atom. The molecule has 1 rings (SSSR count). The lowest BCUT2D eigenvalue weighted by atomic mass is 10.1. The van der Waals surface area contributed by atoms with Crippen molar-refractivity contribution in [3.05, 3.63) is 23.8 Å². The Bertz CT molecular complexity index is 456. The number of ether oxygens (including phenoxy) is 2. The zero-order chi connectivity index (χ0) is 14.6. The Balaban J connectivity index is 2.79. The summed E-state index contributed by atoms with van der Waals surface area (Å²) in [5, 5.41) is 0. The molecule has 0 aliphatic rings. The van der Waals surface area contributed by atoms with Gasteiger partial charge in [-0.1, -0.05) is 0 Å². The maximum atomic E-state index is 11.4. The second-order valence-electron chi connectivity index (χ2n) is 5.24. The van der Waals surface area contributed by atoms with Gasteiger partial charge in [0.15, 0.2) is 0 Å². The third kappa shape index (κ3) is 3.86. The van der Waals surface area contributed by atoms with E-state index < -0.39 is 5.97 Å². The summed E-state index contributed by atoms with van der Waals surface area (Å²) in [4.78, 5) is 13.4. The van der Waals surface area contributed by atoms with Crippen LogP contribution in [0.5, 0.6) is 5.75 Å². The minimum Gasteiger partial charge on any atom is -0.490 e. The maximum Gasteiger partial charge on any atom is 0.337 e. The number of nitrogens with two attached hydrogens (primary N) is 1. The average molecular weight is 266 g/mol. The van der Waals surface area contributed by atoms with E-state index in [1.807, 2.05) is 14.1 Å². The van der Waals surface area contributed by atoms with E-state index in [-0.39, 0.29) is 5.54 Å². The second kappa shape index (κ2) is 5.93. The Hall–Kier alpha value is -1.75. The molecule has 0 fully saturated rings. The van der Waals surface area contributed by atoms with Gasteiger partial charge in [-0.05, 0) is 46.1 Å². The van der Waals surface area contributed by atoms with Crippen molar-refractivity contribution in [1.29, 1.82) is 0 Å². The highest BCUT2D eigenvalue weighted by Gasteiger charge is 2.21. The lowest BCUT2D eigenvalue weighted by Crippen LogP contribution is -2.43. The topological polar surface area (TPSA) is 64.8 Å². The molecule has 0 radical (unpaired) electrons. The molecule has 0 saturated heterocycles. The summed E-state index contributed by atoms with van der Waals surface area (Å²) < 4.78 is 10.3. The molecule has 2 N–H and O–H groups in total. The minimum atomic E-state index is -0.410. The molecule has 0 unspecified atom stereocenters. The molecule has 1 aromatic rings. The van der Waals surface area contributed by atoms with Gasteiger partial charge in [-0.15, -0.1) is 0 Å². The number of esters is 1. The number of anilines is 1. The van der Waals surface area contributed by atoms with Gasteiger partial charge >= 0.3 is 5.97 Å². The quantitative estimate of drug-likeness (QED) is 0.650. The first-order valence-electron chi connectivity index (χ1n) is 6.06. The van der Waals surface area contributed by atoms with Crippen molar-refractivity contribution < 1.29 is 14.3 Å². The lowest BCUT2D eigenvalue weighted by molar-refractivity contribution is 0.0600. The molecular formula is C14H22N2O3. The zero-order valence-corrected chi connectivity index (χ0v) is 12.2. The number of methoxy groups -OCH3 is 1. The first-order chi connectivity index (χ1) is 8.77. The highest BCUT2D eigenvalue weighted by atomic mass is 16.5. The van der Waals surface area contributed by atoms with Gasteiger partial charge in [-0.25, -0.2) is 4.79 Å². The van der Waals surface area contributed by atoms with Crippen LogP contribution in [0.25, 0.3) is 0 Å². The van der Waals surface area contributed by atoms with Crippen LogP contribution >= 0.6 is 0 Å². The van der Waals surface area contributed by atoms with Crippen molar-refractivity contribution in [2.75, 3.05) is 33.5 Å². The number of nitrogens with zero attached hydrogens (tertiary/aromatic N) is 1. The molecule has 0 aromatic heterocycles. The minimum absolute atomic E-state index is 0.104. The average Bonchev–Trinajstić information content (AvgIpc) is 2.36. The van der Waals surface area contributed by atoms with Gasteiger partial charge in [0, 0.05) is 5.54 Å². The third-order valence-electron chi connectivity index (χ3n) is 3.22. The van der Waals surface area contributed by atoms with Crippen LogP contribution in [0.15, 0.2) is 18.2 Å². The Morgan fingerprint density at radius 2 is 2.00 bits per heavy atom. The van der Waals surface area contributed by atoms with Crippen LogP contribution in [0.3, 0.4) is 0 Å². The van der Waals surface area contributed by atoms with E-state index in [2.05, 4.69) is 23.5 Å². The van der Waals surface area contributed by atoms with Gasteiger partial charge in [0.05, 0.1) is 18.4 Å². The van der Waals surface area contributed by atoms with Gasteiger partial charge in [-0.3, -0.25) is 0 Å². The van der Waals surface area contributed by atoms with Crippen molar-refractivity contribution in [2.45, 2.75) is 19.4 Å². The molecule has 19 heavy (non-hydrogen) atoms. The number of hydrogen-bond acceptors (Lipinski definition) is 5. The summed E-state index contributed by atoms with van der Waals surface area (Å²) in [7, 11) is 5.32. The molecule has 0 aliphatic carbocycles. The van der Waals surface area contributed by atoms with Crippen molar-refractivity contribution >= 4 is 11.7 Å². The third-order valence-corrected chi connectivity index (χ3v) is 3.22.